The molecule has 43 heavy (non-hydrogen) atoms. The van der Waals surface area contributed by atoms with E-state index in [1.807, 2.05) is 0 Å². The van der Waals surface area contributed by atoms with E-state index in [2.05, 4.69) is 158 Å². The van der Waals surface area contributed by atoms with Crippen LogP contribution in [0.1, 0.15) is 51.7 Å². The third-order valence-electron chi connectivity index (χ3n) is 9.21. The Balaban J connectivity index is 1.41. The average molecular weight is 557 g/mol. The fourth-order valence-electron chi connectivity index (χ4n) is 7.03. The highest BCUT2D eigenvalue weighted by atomic mass is 15.0. The van der Waals surface area contributed by atoms with Gasteiger partial charge in [-0.1, -0.05) is 93.1 Å². The van der Waals surface area contributed by atoms with Gasteiger partial charge in [0.25, 0.3) is 0 Å². The molecule has 2 heteroatoms. The lowest BCUT2D eigenvalue weighted by molar-refractivity contribution is 0.591. The summed E-state index contributed by atoms with van der Waals surface area (Å²) in [5.41, 5.74) is 12.8. The van der Waals surface area contributed by atoms with E-state index in [9.17, 15) is 0 Å². The van der Waals surface area contributed by atoms with Gasteiger partial charge in [-0.15, -0.1) is 0 Å². The van der Waals surface area contributed by atoms with Crippen LogP contribution < -0.4 is 0 Å². The highest BCUT2D eigenvalue weighted by Gasteiger charge is 2.20. The lowest BCUT2D eigenvalue weighted by Crippen LogP contribution is -2.10. The zero-order chi connectivity index (χ0) is 29.3. The van der Waals surface area contributed by atoms with Gasteiger partial charge in [-0.3, -0.25) is 0 Å². The molecule has 2 heterocycles. The Morgan fingerprint density at radius 3 is 1.84 bits per heavy atom. The van der Waals surface area contributed by atoms with Crippen LogP contribution in [0.4, 0.5) is 0 Å². The Bertz CT molecular complexity index is 2220. The summed E-state index contributed by atoms with van der Waals surface area (Å²) < 4.78 is 4.88. The monoisotopic (exact) mass is 556 g/mol. The van der Waals surface area contributed by atoms with Crippen LogP contribution in [-0.4, -0.2) is 9.13 Å². The maximum Gasteiger partial charge on any atom is 0.0542 e. The quantitative estimate of drug-likeness (QED) is 0.205. The topological polar surface area (TPSA) is 9.86 Å². The summed E-state index contributed by atoms with van der Waals surface area (Å²) in [5, 5.41) is 5.15. The summed E-state index contributed by atoms with van der Waals surface area (Å²) >= 11 is 0. The highest BCUT2D eigenvalue weighted by Crippen LogP contribution is 2.39. The summed E-state index contributed by atoms with van der Waals surface area (Å²) in [6, 6.07) is 40.7. The molecule has 0 atom stereocenters. The van der Waals surface area contributed by atoms with Gasteiger partial charge in [0.2, 0.25) is 0 Å². The molecule has 0 unspecified atom stereocenters. The molecular formula is C41H36N2. The predicted octanol–water partition coefficient (Wildman–Crippen LogP) is 11.3. The molecule has 8 rings (SSSR count). The first-order valence-corrected chi connectivity index (χ1v) is 15.4. The smallest absolute Gasteiger partial charge is 0.0542 e. The summed E-state index contributed by atoms with van der Waals surface area (Å²) in [4.78, 5) is 0. The molecule has 1 aliphatic rings. The standard InChI is InChI=1S/C41H36N2/c1-27-11-9-12-28(23-27)29-13-10-14-31(24-29)42-39-21-19-30(41(2,3)4)25-35(39)36-26-32(20-22-40(36)42)43-37-17-7-5-15-33(37)34-16-6-8-18-38(34)43/h5-8,10-11,13-26H,9,12H2,1-4H3. The molecule has 210 valence electrons. The lowest BCUT2D eigenvalue weighted by Gasteiger charge is -2.19. The minimum Gasteiger partial charge on any atom is -0.309 e. The van der Waals surface area contributed by atoms with Gasteiger partial charge < -0.3 is 9.13 Å². The maximum absolute atomic E-state index is 2.46. The fourth-order valence-corrected chi connectivity index (χ4v) is 7.03. The lowest BCUT2D eigenvalue weighted by atomic mass is 9.86. The van der Waals surface area contributed by atoms with Gasteiger partial charge in [-0.05, 0) is 96.5 Å². The van der Waals surface area contributed by atoms with Crippen molar-refractivity contribution in [2.24, 2.45) is 0 Å². The average Bonchev–Trinajstić information content (AvgIpc) is 3.53. The van der Waals surface area contributed by atoms with E-state index in [1.165, 1.54) is 77.3 Å². The van der Waals surface area contributed by atoms with E-state index >= 15 is 0 Å². The second-order valence-electron chi connectivity index (χ2n) is 13.1. The van der Waals surface area contributed by atoms with E-state index in [-0.39, 0.29) is 5.41 Å². The van der Waals surface area contributed by atoms with Crippen molar-refractivity contribution in [2.45, 2.75) is 46.0 Å². The zero-order valence-corrected chi connectivity index (χ0v) is 25.4. The normalized spacial score (nSPS) is 14.1. The number of benzene rings is 5. The number of para-hydroxylation sites is 2. The number of hydrogen-bond donors (Lipinski definition) is 0. The summed E-state index contributed by atoms with van der Waals surface area (Å²) in [6.07, 6.45) is 6.88. The van der Waals surface area contributed by atoms with E-state index in [0.29, 0.717) is 0 Å². The molecule has 5 aromatic carbocycles. The van der Waals surface area contributed by atoms with Gasteiger partial charge in [0.1, 0.15) is 0 Å². The first-order valence-electron chi connectivity index (χ1n) is 15.4. The van der Waals surface area contributed by atoms with E-state index in [4.69, 9.17) is 0 Å². The largest absolute Gasteiger partial charge is 0.309 e. The van der Waals surface area contributed by atoms with Crippen molar-refractivity contribution in [1.29, 1.82) is 0 Å². The van der Waals surface area contributed by atoms with Crippen LogP contribution in [0.15, 0.2) is 127 Å². The molecule has 2 aromatic heterocycles. The van der Waals surface area contributed by atoms with Crippen molar-refractivity contribution < 1.29 is 0 Å². The van der Waals surface area contributed by atoms with Gasteiger partial charge >= 0.3 is 0 Å². The van der Waals surface area contributed by atoms with Crippen molar-refractivity contribution in [2.75, 3.05) is 0 Å². The molecule has 0 radical (unpaired) electrons. The molecule has 0 fully saturated rings. The molecule has 0 saturated heterocycles. The van der Waals surface area contributed by atoms with Gasteiger partial charge in [-0.2, -0.15) is 0 Å². The number of nitrogens with zero attached hydrogens (tertiary/aromatic N) is 2. The minimum atomic E-state index is 0.0613. The molecule has 1 aliphatic carbocycles. The predicted molar refractivity (Wildman–Crippen MR) is 185 cm³/mol. The summed E-state index contributed by atoms with van der Waals surface area (Å²) in [5.74, 6) is 0. The molecule has 0 spiro atoms. The van der Waals surface area contributed by atoms with Crippen molar-refractivity contribution in [3.8, 4) is 11.4 Å². The number of fused-ring (bicyclic) bond motifs is 6. The third-order valence-corrected chi connectivity index (χ3v) is 9.21. The molecule has 0 N–H and O–H groups in total. The Kier molecular flexibility index (Phi) is 5.78. The number of hydrogen-bond acceptors (Lipinski definition) is 0. The fraction of sp³-hybridized carbons (Fsp3) is 0.171. The maximum atomic E-state index is 2.46. The van der Waals surface area contributed by atoms with Gasteiger partial charge in [-0.25, -0.2) is 0 Å². The van der Waals surface area contributed by atoms with Crippen molar-refractivity contribution in [3.63, 3.8) is 0 Å². The van der Waals surface area contributed by atoms with Crippen LogP contribution in [0.2, 0.25) is 0 Å². The molecular weight excluding hydrogens is 520 g/mol. The SMILES string of the molecule is CC1=CCCC(c2cccc(-n3c4ccc(-n5c6ccccc6c6ccccc65)cc4c4cc(C(C)(C)C)ccc43)c2)=C1. The van der Waals surface area contributed by atoms with Crippen molar-refractivity contribution >= 4 is 49.2 Å². The Hall–Kier alpha value is -4.82. The molecule has 2 nitrogen and oxygen atoms in total. The summed E-state index contributed by atoms with van der Waals surface area (Å²) in [6.45, 7) is 9.11. The number of aromatic nitrogens is 2. The van der Waals surface area contributed by atoms with Crippen molar-refractivity contribution in [1.82, 2.24) is 9.13 Å². The first-order chi connectivity index (χ1) is 20.9. The second-order valence-corrected chi connectivity index (χ2v) is 13.1. The van der Waals surface area contributed by atoms with Gasteiger partial charge in [0.15, 0.2) is 0 Å². The molecule has 0 bridgehead atoms. The molecule has 0 aliphatic heterocycles. The second kappa shape index (κ2) is 9.61. The van der Waals surface area contributed by atoms with Gasteiger partial charge in [0, 0.05) is 32.9 Å². The van der Waals surface area contributed by atoms with Crippen LogP contribution >= 0.6 is 0 Å². The number of rotatable bonds is 3. The van der Waals surface area contributed by atoms with Crippen LogP contribution in [0.25, 0.3) is 60.6 Å². The van der Waals surface area contributed by atoms with Crippen molar-refractivity contribution in [3.05, 3.63) is 138 Å². The van der Waals surface area contributed by atoms with Crippen LogP contribution in [0, 0.1) is 0 Å². The van der Waals surface area contributed by atoms with Crippen LogP contribution in [0.3, 0.4) is 0 Å². The van der Waals surface area contributed by atoms with Crippen LogP contribution in [0.5, 0.6) is 0 Å². The third kappa shape index (κ3) is 4.16. The minimum absolute atomic E-state index is 0.0613. The number of allylic oxidation sites excluding steroid dienone is 4. The Morgan fingerprint density at radius 2 is 1.16 bits per heavy atom. The van der Waals surface area contributed by atoms with E-state index in [1.54, 1.807) is 0 Å². The van der Waals surface area contributed by atoms with Crippen LogP contribution in [-0.2, 0) is 5.41 Å². The van der Waals surface area contributed by atoms with E-state index in [0.717, 1.165) is 12.8 Å². The zero-order valence-electron chi connectivity index (χ0n) is 25.4. The van der Waals surface area contributed by atoms with Gasteiger partial charge in [0.05, 0.1) is 22.1 Å². The highest BCUT2D eigenvalue weighted by molar-refractivity contribution is 6.12. The first kappa shape index (κ1) is 25.9. The van der Waals surface area contributed by atoms with E-state index < -0.39 is 0 Å². The summed E-state index contributed by atoms with van der Waals surface area (Å²) in [7, 11) is 0. The molecule has 0 amide bonds. The Morgan fingerprint density at radius 1 is 0.558 bits per heavy atom. The molecule has 0 saturated carbocycles. The molecule has 7 aromatic rings. The Labute approximate surface area is 253 Å².